The third kappa shape index (κ3) is 5.19. The minimum atomic E-state index is 0.200. The summed E-state index contributed by atoms with van der Waals surface area (Å²) >= 11 is 1.86. The quantitative estimate of drug-likeness (QED) is 0.726. The Labute approximate surface area is 127 Å². The fraction of sp³-hybridized carbons (Fsp3) is 0.733. The van der Waals surface area contributed by atoms with Crippen LogP contribution in [0.3, 0.4) is 0 Å². The Balaban J connectivity index is 2.88. The number of hydrogen-bond donors (Lipinski definition) is 2. The van der Waals surface area contributed by atoms with Gasteiger partial charge in [0.25, 0.3) is 0 Å². The topological polar surface area (TPSA) is 49.8 Å². The van der Waals surface area contributed by atoms with Crippen molar-refractivity contribution in [2.75, 3.05) is 30.0 Å². The average molecular weight is 296 g/mol. The summed E-state index contributed by atoms with van der Waals surface area (Å²) in [5.74, 6) is 1.95. The molecule has 114 valence electrons. The lowest BCUT2D eigenvalue weighted by Gasteiger charge is -2.24. The van der Waals surface area contributed by atoms with E-state index in [-0.39, 0.29) is 4.75 Å². The minimum absolute atomic E-state index is 0.200. The molecular formula is C15H28N4S. The highest BCUT2D eigenvalue weighted by molar-refractivity contribution is 7.99. The molecular weight excluding hydrogens is 268 g/mol. The zero-order valence-electron chi connectivity index (χ0n) is 13.4. The fourth-order valence-corrected chi connectivity index (χ4v) is 2.03. The number of nitrogens with zero attached hydrogens (tertiary/aromatic N) is 2. The maximum Gasteiger partial charge on any atom is 0.134 e. The van der Waals surface area contributed by atoms with Gasteiger partial charge in [-0.25, -0.2) is 9.97 Å². The van der Waals surface area contributed by atoms with E-state index in [1.54, 1.807) is 6.33 Å². The van der Waals surface area contributed by atoms with Crippen LogP contribution in [0.2, 0.25) is 0 Å². The first-order chi connectivity index (χ1) is 9.54. The van der Waals surface area contributed by atoms with E-state index in [1.165, 1.54) is 5.56 Å². The summed E-state index contributed by atoms with van der Waals surface area (Å²) in [5.41, 5.74) is 1.21. The average Bonchev–Trinajstić information content (AvgIpc) is 2.45. The number of nitrogens with one attached hydrogen (secondary N) is 2. The summed E-state index contributed by atoms with van der Waals surface area (Å²) < 4.78 is 0.200. The van der Waals surface area contributed by atoms with Crippen LogP contribution in [0.5, 0.6) is 0 Å². The molecule has 0 atom stereocenters. The molecule has 0 fully saturated rings. The van der Waals surface area contributed by atoms with E-state index in [9.17, 15) is 0 Å². The van der Waals surface area contributed by atoms with Gasteiger partial charge in [-0.3, -0.25) is 0 Å². The molecule has 0 saturated heterocycles. The van der Waals surface area contributed by atoms with Crippen LogP contribution in [0.1, 0.15) is 46.1 Å². The van der Waals surface area contributed by atoms with Gasteiger partial charge < -0.3 is 10.6 Å². The normalized spacial score (nSPS) is 11.4. The highest BCUT2D eigenvalue weighted by Gasteiger charge is 2.17. The van der Waals surface area contributed by atoms with Gasteiger partial charge >= 0.3 is 0 Å². The lowest BCUT2D eigenvalue weighted by molar-refractivity contribution is 0.747. The molecule has 0 aliphatic rings. The van der Waals surface area contributed by atoms with Crippen LogP contribution in [0.4, 0.5) is 11.6 Å². The van der Waals surface area contributed by atoms with Crippen LogP contribution in [0, 0.1) is 0 Å². The summed E-state index contributed by atoms with van der Waals surface area (Å²) in [4.78, 5) is 8.82. The molecule has 0 aliphatic carbocycles. The van der Waals surface area contributed by atoms with Gasteiger partial charge in [-0.05, 0) is 32.9 Å². The molecule has 0 aliphatic heterocycles. The maximum atomic E-state index is 4.43. The number of hydrogen-bond acceptors (Lipinski definition) is 5. The maximum absolute atomic E-state index is 4.43. The largest absolute Gasteiger partial charge is 0.370 e. The molecule has 0 radical (unpaired) electrons. The molecule has 1 aromatic rings. The summed E-state index contributed by atoms with van der Waals surface area (Å²) in [5, 5.41) is 6.90. The van der Waals surface area contributed by atoms with Gasteiger partial charge in [-0.2, -0.15) is 11.8 Å². The van der Waals surface area contributed by atoms with Crippen molar-refractivity contribution in [3.63, 3.8) is 0 Å². The first kappa shape index (κ1) is 17.1. The van der Waals surface area contributed by atoms with Crippen molar-refractivity contribution < 1.29 is 0 Å². The molecule has 0 unspecified atom stereocenters. The zero-order chi connectivity index (χ0) is 15.0. The second-order valence-corrected chi connectivity index (χ2v) is 7.06. The highest BCUT2D eigenvalue weighted by Crippen LogP contribution is 2.25. The Kier molecular flexibility index (Phi) is 7.13. The van der Waals surface area contributed by atoms with Gasteiger partial charge in [-0.15, -0.1) is 0 Å². The first-order valence-electron chi connectivity index (χ1n) is 7.40. The third-order valence-corrected chi connectivity index (χ3v) is 4.47. The number of rotatable bonds is 9. The van der Waals surface area contributed by atoms with Crippen LogP contribution in [0.25, 0.3) is 0 Å². The van der Waals surface area contributed by atoms with Gasteiger partial charge in [0.1, 0.15) is 18.0 Å². The number of aromatic nitrogens is 2. The molecule has 0 spiro atoms. The zero-order valence-corrected chi connectivity index (χ0v) is 14.2. The molecule has 2 N–H and O–H groups in total. The monoisotopic (exact) mass is 296 g/mol. The van der Waals surface area contributed by atoms with Crippen molar-refractivity contribution in [3.8, 4) is 0 Å². The predicted molar refractivity (Wildman–Crippen MR) is 90.9 cm³/mol. The summed E-state index contributed by atoms with van der Waals surface area (Å²) in [6.07, 6.45) is 6.97. The van der Waals surface area contributed by atoms with Crippen LogP contribution < -0.4 is 10.6 Å². The lowest BCUT2D eigenvalue weighted by Crippen LogP contribution is -2.27. The number of anilines is 2. The lowest BCUT2D eigenvalue weighted by atomic mass is 10.1. The SMILES string of the molecule is CCCNc1ncnc(NCC(C)(C)SC)c1CCC. The molecule has 5 heteroatoms. The van der Waals surface area contributed by atoms with Crippen molar-refractivity contribution in [1.29, 1.82) is 0 Å². The molecule has 1 heterocycles. The fourth-order valence-electron chi connectivity index (χ4n) is 1.82. The molecule has 4 nitrogen and oxygen atoms in total. The summed E-state index contributed by atoms with van der Waals surface area (Å²) in [6, 6.07) is 0. The Morgan fingerprint density at radius 2 is 1.75 bits per heavy atom. The van der Waals surface area contributed by atoms with Crippen molar-refractivity contribution in [2.24, 2.45) is 0 Å². The standard InChI is InChI=1S/C15H28N4S/c1-6-8-12-13(16-9-7-2)18-11-19-14(12)17-10-15(3,4)20-5/h11H,6-10H2,1-5H3,(H2,16,17,18,19). The van der Waals surface area contributed by atoms with Crippen molar-refractivity contribution in [1.82, 2.24) is 9.97 Å². The smallest absolute Gasteiger partial charge is 0.134 e. The van der Waals surface area contributed by atoms with Gasteiger partial charge in [0.2, 0.25) is 0 Å². The molecule has 0 amide bonds. The molecule has 1 aromatic heterocycles. The second kappa shape index (κ2) is 8.35. The van der Waals surface area contributed by atoms with E-state index in [1.807, 2.05) is 11.8 Å². The summed E-state index contributed by atoms with van der Waals surface area (Å²) in [6.45, 7) is 10.7. The highest BCUT2D eigenvalue weighted by atomic mass is 32.2. The van der Waals surface area contributed by atoms with Crippen LogP contribution in [-0.4, -0.2) is 34.1 Å². The molecule has 0 saturated carbocycles. The van der Waals surface area contributed by atoms with Crippen LogP contribution in [-0.2, 0) is 6.42 Å². The van der Waals surface area contributed by atoms with E-state index in [4.69, 9.17) is 0 Å². The van der Waals surface area contributed by atoms with E-state index < -0.39 is 0 Å². The van der Waals surface area contributed by atoms with Gasteiger partial charge in [0.05, 0.1) is 0 Å². The van der Waals surface area contributed by atoms with E-state index in [2.05, 4.69) is 54.6 Å². The molecule has 0 aromatic carbocycles. The van der Waals surface area contributed by atoms with Crippen molar-refractivity contribution in [2.45, 2.75) is 51.7 Å². The van der Waals surface area contributed by atoms with Gasteiger partial charge in [0, 0.05) is 23.4 Å². The van der Waals surface area contributed by atoms with Gasteiger partial charge in [0.15, 0.2) is 0 Å². The second-order valence-electron chi connectivity index (χ2n) is 5.54. The first-order valence-corrected chi connectivity index (χ1v) is 8.63. The van der Waals surface area contributed by atoms with Crippen LogP contribution >= 0.6 is 11.8 Å². The molecule has 1 rings (SSSR count). The van der Waals surface area contributed by atoms with E-state index in [0.29, 0.717) is 0 Å². The molecule has 20 heavy (non-hydrogen) atoms. The minimum Gasteiger partial charge on any atom is -0.370 e. The predicted octanol–water partition coefficient (Wildman–Crippen LogP) is 3.80. The number of thioether (sulfide) groups is 1. The van der Waals surface area contributed by atoms with E-state index >= 15 is 0 Å². The Hall–Kier alpha value is -0.970. The summed E-state index contributed by atoms with van der Waals surface area (Å²) in [7, 11) is 0. The third-order valence-electron chi connectivity index (χ3n) is 3.22. The van der Waals surface area contributed by atoms with Gasteiger partial charge in [-0.1, -0.05) is 20.3 Å². The van der Waals surface area contributed by atoms with E-state index in [0.717, 1.165) is 44.0 Å². The van der Waals surface area contributed by atoms with Crippen molar-refractivity contribution >= 4 is 23.4 Å². The Bertz CT molecular complexity index is 407. The van der Waals surface area contributed by atoms with Crippen LogP contribution in [0.15, 0.2) is 6.33 Å². The van der Waals surface area contributed by atoms with Crippen molar-refractivity contribution in [3.05, 3.63) is 11.9 Å². The Morgan fingerprint density at radius 3 is 2.30 bits per heavy atom. The molecule has 0 bridgehead atoms. The Morgan fingerprint density at radius 1 is 1.10 bits per heavy atom.